The van der Waals surface area contributed by atoms with Gasteiger partial charge in [-0.3, -0.25) is 4.79 Å². The van der Waals surface area contributed by atoms with E-state index >= 15 is 0 Å². The Labute approximate surface area is 108 Å². The Morgan fingerprint density at radius 2 is 2.11 bits per heavy atom. The van der Waals surface area contributed by atoms with E-state index in [2.05, 4.69) is 6.58 Å². The van der Waals surface area contributed by atoms with E-state index in [1.807, 2.05) is 42.5 Å². The van der Waals surface area contributed by atoms with Gasteiger partial charge in [-0.1, -0.05) is 48.6 Å². The van der Waals surface area contributed by atoms with Gasteiger partial charge in [0, 0.05) is 12.8 Å². The molecule has 94 valence electrons. The van der Waals surface area contributed by atoms with Crippen molar-refractivity contribution in [1.29, 1.82) is 0 Å². The Balaban J connectivity index is 2.32. The third-order valence-corrected chi connectivity index (χ3v) is 3.26. The van der Waals surface area contributed by atoms with Crippen molar-refractivity contribution in [2.75, 3.05) is 6.61 Å². The van der Waals surface area contributed by atoms with Crippen LogP contribution in [0.3, 0.4) is 0 Å². The van der Waals surface area contributed by atoms with Crippen molar-refractivity contribution in [2.45, 2.75) is 24.9 Å². The van der Waals surface area contributed by atoms with Gasteiger partial charge in [-0.15, -0.1) is 6.58 Å². The van der Waals surface area contributed by atoms with Crippen molar-refractivity contribution in [2.24, 2.45) is 0 Å². The summed E-state index contributed by atoms with van der Waals surface area (Å²) < 4.78 is 5.84. The lowest BCUT2D eigenvalue weighted by Gasteiger charge is -2.34. The van der Waals surface area contributed by atoms with Crippen molar-refractivity contribution in [3.8, 4) is 0 Å². The molecule has 0 aliphatic carbocycles. The van der Waals surface area contributed by atoms with E-state index in [9.17, 15) is 4.79 Å². The predicted molar refractivity (Wildman–Crippen MR) is 72.3 cm³/mol. The molecule has 0 saturated carbocycles. The molecule has 1 atom stereocenters. The summed E-state index contributed by atoms with van der Waals surface area (Å²) in [5.74, 6) is 0.137. The van der Waals surface area contributed by atoms with Crippen molar-refractivity contribution in [3.63, 3.8) is 0 Å². The van der Waals surface area contributed by atoms with Crippen LogP contribution in [0.5, 0.6) is 0 Å². The molecule has 1 aromatic rings. The Hall–Kier alpha value is -1.67. The van der Waals surface area contributed by atoms with E-state index in [-0.39, 0.29) is 5.78 Å². The van der Waals surface area contributed by atoms with Gasteiger partial charge >= 0.3 is 0 Å². The molecule has 1 aromatic carbocycles. The number of ketones is 1. The molecule has 1 aliphatic heterocycles. The van der Waals surface area contributed by atoms with Gasteiger partial charge in [-0.25, -0.2) is 0 Å². The fraction of sp³-hybridized carbons (Fsp3) is 0.312. The molecule has 0 aromatic heterocycles. The van der Waals surface area contributed by atoms with Crippen LogP contribution in [0.1, 0.15) is 24.8 Å². The summed E-state index contributed by atoms with van der Waals surface area (Å²) in [7, 11) is 0. The second-order valence-corrected chi connectivity index (χ2v) is 4.43. The highest BCUT2D eigenvalue weighted by Crippen LogP contribution is 2.34. The highest BCUT2D eigenvalue weighted by Gasteiger charge is 2.40. The molecule has 0 N–H and O–H groups in total. The number of hydrogen-bond donors (Lipinski definition) is 0. The average Bonchev–Trinajstić information content (AvgIpc) is 2.46. The first kappa shape index (κ1) is 12.8. The summed E-state index contributed by atoms with van der Waals surface area (Å²) in [6.45, 7) is 4.16. The predicted octanol–water partition coefficient (Wildman–Crippen LogP) is 3.39. The van der Waals surface area contributed by atoms with E-state index in [0.29, 0.717) is 25.9 Å². The average molecular weight is 242 g/mol. The van der Waals surface area contributed by atoms with Gasteiger partial charge in [0.15, 0.2) is 11.4 Å². The summed E-state index contributed by atoms with van der Waals surface area (Å²) in [5.41, 5.74) is 0.155. The lowest BCUT2D eigenvalue weighted by Crippen LogP contribution is -2.40. The maximum atomic E-state index is 12.5. The van der Waals surface area contributed by atoms with E-state index in [1.165, 1.54) is 0 Å². The summed E-state index contributed by atoms with van der Waals surface area (Å²) >= 11 is 0. The Bertz CT molecular complexity index is 447. The second-order valence-electron chi connectivity index (χ2n) is 4.43. The molecule has 1 heterocycles. The standard InChI is InChI=1S/C16H18O2/c1-2-3-11-15(17)16(12-7-8-13-18-16)14-9-5-4-6-10-14/h2,4-10H,1,3,11-13H2. The number of hydrogen-bond acceptors (Lipinski definition) is 2. The lowest BCUT2D eigenvalue weighted by molar-refractivity contribution is -0.145. The van der Waals surface area contributed by atoms with Crippen LogP contribution in [0.25, 0.3) is 0 Å². The number of ether oxygens (including phenoxy) is 1. The van der Waals surface area contributed by atoms with Gasteiger partial charge in [0.1, 0.15) is 0 Å². The second kappa shape index (κ2) is 5.78. The first-order chi connectivity index (χ1) is 8.79. The molecule has 0 saturated heterocycles. The van der Waals surface area contributed by atoms with E-state index in [0.717, 1.165) is 5.56 Å². The minimum absolute atomic E-state index is 0.137. The molecule has 0 spiro atoms. The van der Waals surface area contributed by atoms with Crippen LogP contribution in [0.4, 0.5) is 0 Å². The normalized spacial score (nSPS) is 22.7. The van der Waals surface area contributed by atoms with Crippen molar-refractivity contribution in [3.05, 3.63) is 60.7 Å². The van der Waals surface area contributed by atoms with Gasteiger partial charge in [-0.05, 0) is 12.0 Å². The topological polar surface area (TPSA) is 26.3 Å². The highest BCUT2D eigenvalue weighted by molar-refractivity contribution is 5.89. The highest BCUT2D eigenvalue weighted by atomic mass is 16.5. The van der Waals surface area contributed by atoms with Crippen LogP contribution in [0, 0.1) is 0 Å². The van der Waals surface area contributed by atoms with E-state index < -0.39 is 5.60 Å². The molecular weight excluding hydrogens is 224 g/mol. The third-order valence-electron chi connectivity index (χ3n) is 3.26. The molecule has 18 heavy (non-hydrogen) atoms. The smallest absolute Gasteiger partial charge is 0.169 e. The zero-order valence-corrected chi connectivity index (χ0v) is 10.5. The molecule has 2 nitrogen and oxygen atoms in total. The number of Topliss-reactive ketones (excluding diaryl/α,β-unsaturated/α-hetero) is 1. The summed E-state index contributed by atoms with van der Waals surface area (Å²) in [4.78, 5) is 12.5. The summed E-state index contributed by atoms with van der Waals surface area (Å²) in [5, 5.41) is 0. The first-order valence-corrected chi connectivity index (χ1v) is 6.28. The number of rotatable bonds is 5. The van der Waals surface area contributed by atoms with Crippen molar-refractivity contribution >= 4 is 5.78 Å². The third kappa shape index (κ3) is 2.44. The van der Waals surface area contributed by atoms with Gasteiger partial charge in [0.25, 0.3) is 0 Å². The Morgan fingerprint density at radius 1 is 1.33 bits per heavy atom. The van der Waals surface area contributed by atoms with Crippen molar-refractivity contribution in [1.82, 2.24) is 0 Å². The minimum atomic E-state index is -0.793. The van der Waals surface area contributed by atoms with Gasteiger partial charge in [0.2, 0.25) is 0 Å². The molecule has 2 rings (SSSR count). The fourth-order valence-electron chi connectivity index (χ4n) is 2.27. The SMILES string of the molecule is C=CCCC(=O)C1(c2ccccc2)CC=CCO1. The zero-order chi connectivity index (χ0) is 12.8. The molecule has 0 radical (unpaired) electrons. The van der Waals surface area contributed by atoms with Gasteiger partial charge < -0.3 is 4.74 Å². The number of carbonyl (C=O) groups excluding carboxylic acids is 1. The molecule has 1 unspecified atom stereocenters. The first-order valence-electron chi connectivity index (χ1n) is 6.28. The fourth-order valence-corrected chi connectivity index (χ4v) is 2.27. The largest absolute Gasteiger partial charge is 0.358 e. The molecule has 0 fully saturated rings. The molecule has 1 aliphatic rings. The Kier molecular flexibility index (Phi) is 4.11. The number of benzene rings is 1. The lowest BCUT2D eigenvalue weighted by atomic mass is 9.83. The maximum absolute atomic E-state index is 12.5. The van der Waals surface area contributed by atoms with Crippen LogP contribution in [0.15, 0.2) is 55.1 Å². The van der Waals surface area contributed by atoms with Gasteiger partial charge in [-0.2, -0.15) is 0 Å². The molecular formula is C16H18O2. The zero-order valence-electron chi connectivity index (χ0n) is 10.5. The van der Waals surface area contributed by atoms with Gasteiger partial charge in [0.05, 0.1) is 6.61 Å². The van der Waals surface area contributed by atoms with Crippen LogP contribution < -0.4 is 0 Å². The van der Waals surface area contributed by atoms with Crippen LogP contribution in [-0.4, -0.2) is 12.4 Å². The number of carbonyl (C=O) groups is 1. The molecule has 0 bridgehead atoms. The van der Waals surface area contributed by atoms with E-state index in [4.69, 9.17) is 4.74 Å². The minimum Gasteiger partial charge on any atom is -0.358 e. The number of allylic oxidation sites excluding steroid dienone is 1. The molecule has 0 amide bonds. The van der Waals surface area contributed by atoms with Crippen LogP contribution in [0.2, 0.25) is 0 Å². The van der Waals surface area contributed by atoms with Crippen molar-refractivity contribution < 1.29 is 9.53 Å². The maximum Gasteiger partial charge on any atom is 0.169 e. The quantitative estimate of drug-likeness (QED) is 0.740. The summed E-state index contributed by atoms with van der Waals surface area (Å²) in [6, 6.07) is 9.76. The van der Waals surface area contributed by atoms with E-state index in [1.54, 1.807) is 6.08 Å². The van der Waals surface area contributed by atoms with Crippen LogP contribution >= 0.6 is 0 Å². The Morgan fingerprint density at radius 3 is 2.72 bits per heavy atom. The van der Waals surface area contributed by atoms with Crippen LogP contribution in [-0.2, 0) is 15.1 Å². The monoisotopic (exact) mass is 242 g/mol. The summed E-state index contributed by atoms with van der Waals surface area (Å²) in [6.07, 6.45) is 7.55. The molecule has 2 heteroatoms.